The lowest BCUT2D eigenvalue weighted by Crippen LogP contribution is -2.10. The lowest BCUT2D eigenvalue weighted by atomic mass is 10.1. The summed E-state index contributed by atoms with van der Waals surface area (Å²) in [4.78, 5) is 0. The van der Waals surface area contributed by atoms with Gasteiger partial charge in [0.25, 0.3) is 0 Å². The highest BCUT2D eigenvalue weighted by Gasteiger charge is 2.01. The Morgan fingerprint density at radius 2 is 1.92 bits per heavy atom. The average molecular weight is 174 g/mol. The standard InChI is InChI=1S/C10H22O2/c1-4-9(3)12-8-6-7-10(11)5-2/h9-11H,4-8H2,1-3H3. The molecule has 0 aliphatic rings. The zero-order valence-corrected chi connectivity index (χ0v) is 8.55. The second-order valence-corrected chi connectivity index (χ2v) is 3.29. The Bertz CT molecular complexity index is 81.8. The summed E-state index contributed by atoms with van der Waals surface area (Å²) in [7, 11) is 0. The third kappa shape index (κ3) is 6.62. The number of aliphatic hydroxyl groups excluding tert-OH is 1. The van der Waals surface area contributed by atoms with Crippen molar-refractivity contribution in [2.24, 2.45) is 0 Å². The van der Waals surface area contributed by atoms with E-state index in [1.165, 1.54) is 0 Å². The summed E-state index contributed by atoms with van der Waals surface area (Å²) in [5, 5.41) is 9.22. The first kappa shape index (κ1) is 11.9. The van der Waals surface area contributed by atoms with Crippen LogP contribution in [-0.4, -0.2) is 23.9 Å². The third-order valence-electron chi connectivity index (χ3n) is 2.13. The maximum absolute atomic E-state index is 9.22. The highest BCUT2D eigenvalue weighted by atomic mass is 16.5. The average Bonchev–Trinajstić information content (AvgIpc) is 2.11. The zero-order valence-electron chi connectivity index (χ0n) is 8.55. The number of hydrogen-bond acceptors (Lipinski definition) is 2. The van der Waals surface area contributed by atoms with Gasteiger partial charge in [0, 0.05) is 6.61 Å². The Morgan fingerprint density at radius 1 is 1.25 bits per heavy atom. The van der Waals surface area contributed by atoms with E-state index in [1.54, 1.807) is 0 Å². The second kappa shape index (κ2) is 7.56. The highest BCUT2D eigenvalue weighted by Crippen LogP contribution is 2.03. The molecule has 0 aromatic carbocycles. The van der Waals surface area contributed by atoms with Gasteiger partial charge in [-0.25, -0.2) is 0 Å². The molecule has 0 heterocycles. The first-order chi connectivity index (χ1) is 5.70. The molecule has 2 nitrogen and oxygen atoms in total. The maximum atomic E-state index is 9.22. The molecule has 0 aliphatic heterocycles. The minimum absolute atomic E-state index is 0.134. The van der Waals surface area contributed by atoms with Gasteiger partial charge in [0.05, 0.1) is 12.2 Å². The van der Waals surface area contributed by atoms with E-state index in [0.717, 1.165) is 32.3 Å². The van der Waals surface area contributed by atoms with Crippen LogP contribution in [0.25, 0.3) is 0 Å². The molecule has 1 N–H and O–H groups in total. The molecule has 12 heavy (non-hydrogen) atoms. The first-order valence-corrected chi connectivity index (χ1v) is 5.00. The van der Waals surface area contributed by atoms with Gasteiger partial charge in [0.2, 0.25) is 0 Å². The van der Waals surface area contributed by atoms with E-state index in [1.807, 2.05) is 6.92 Å². The predicted molar refractivity (Wildman–Crippen MR) is 51.2 cm³/mol. The summed E-state index contributed by atoms with van der Waals surface area (Å²) in [6.45, 7) is 6.98. The van der Waals surface area contributed by atoms with Crippen LogP contribution in [0.3, 0.4) is 0 Å². The molecule has 0 radical (unpaired) electrons. The van der Waals surface area contributed by atoms with E-state index >= 15 is 0 Å². The molecular formula is C10H22O2. The quantitative estimate of drug-likeness (QED) is 0.600. The van der Waals surface area contributed by atoms with Gasteiger partial charge < -0.3 is 9.84 Å². The number of hydrogen-bond donors (Lipinski definition) is 1. The molecule has 0 spiro atoms. The smallest absolute Gasteiger partial charge is 0.0544 e. The first-order valence-electron chi connectivity index (χ1n) is 5.00. The molecule has 2 heteroatoms. The lowest BCUT2D eigenvalue weighted by molar-refractivity contribution is 0.0519. The molecule has 0 fully saturated rings. The molecule has 0 aliphatic carbocycles. The van der Waals surface area contributed by atoms with Crippen LogP contribution in [0, 0.1) is 0 Å². The molecule has 0 amide bonds. The number of rotatable bonds is 7. The summed E-state index contributed by atoms with van der Waals surface area (Å²) in [6, 6.07) is 0. The molecule has 0 rings (SSSR count). The van der Waals surface area contributed by atoms with Crippen LogP contribution in [-0.2, 0) is 4.74 Å². The molecule has 2 unspecified atom stereocenters. The van der Waals surface area contributed by atoms with Crippen molar-refractivity contribution in [1.82, 2.24) is 0 Å². The maximum Gasteiger partial charge on any atom is 0.0544 e. The van der Waals surface area contributed by atoms with Gasteiger partial charge in [0.1, 0.15) is 0 Å². The Morgan fingerprint density at radius 3 is 2.42 bits per heavy atom. The van der Waals surface area contributed by atoms with E-state index < -0.39 is 0 Å². The second-order valence-electron chi connectivity index (χ2n) is 3.29. The topological polar surface area (TPSA) is 29.5 Å². The monoisotopic (exact) mass is 174 g/mol. The van der Waals surface area contributed by atoms with Crippen molar-refractivity contribution in [3.8, 4) is 0 Å². The summed E-state index contributed by atoms with van der Waals surface area (Å²) < 4.78 is 5.47. The molecule has 0 bridgehead atoms. The Kier molecular flexibility index (Phi) is 7.51. The van der Waals surface area contributed by atoms with E-state index in [2.05, 4.69) is 13.8 Å². The fourth-order valence-electron chi connectivity index (χ4n) is 0.925. The summed E-state index contributed by atoms with van der Waals surface area (Å²) >= 11 is 0. The van der Waals surface area contributed by atoms with Gasteiger partial charge in [-0.1, -0.05) is 13.8 Å². The van der Waals surface area contributed by atoms with Gasteiger partial charge >= 0.3 is 0 Å². The van der Waals surface area contributed by atoms with Gasteiger partial charge in [-0.05, 0) is 32.6 Å². The van der Waals surface area contributed by atoms with Crippen LogP contribution < -0.4 is 0 Å². The third-order valence-corrected chi connectivity index (χ3v) is 2.13. The highest BCUT2D eigenvalue weighted by molar-refractivity contribution is 4.52. The van der Waals surface area contributed by atoms with Gasteiger partial charge in [-0.15, -0.1) is 0 Å². The molecule has 0 saturated carbocycles. The van der Waals surface area contributed by atoms with Crippen LogP contribution in [0.1, 0.15) is 46.5 Å². The van der Waals surface area contributed by atoms with Crippen molar-refractivity contribution in [3.63, 3.8) is 0 Å². The van der Waals surface area contributed by atoms with Gasteiger partial charge in [-0.3, -0.25) is 0 Å². The summed E-state index contributed by atoms with van der Waals surface area (Å²) in [5.74, 6) is 0. The predicted octanol–water partition coefficient (Wildman–Crippen LogP) is 2.35. The van der Waals surface area contributed by atoms with Crippen molar-refractivity contribution < 1.29 is 9.84 Å². The van der Waals surface area contributed by atoms with Gasteiger partial charge in [0.15, 0.2) is 0 Å². The molecule has 74 valence electrons. The zero-order chi connectivity index (χ0) is 9.40. The minimum Gasteiger partial charge on any atom is -0.393 e. The number of aliphatic hydroxyl groups is 1. The molecule has 0 saturated heterocycles. The van der Waals surface area contributed by atoms with E-state index in [0.29, 0.717) is 6.10 Å². The molecular weight excluding hydrogens is 152 g/mol. The van der Waals surface area contributed by atoms with E-state index in [4.69, 9.17) is 4.74 Å². The van der Waals surface area contributed by atoms with Crippen LogP contribution in [0.5, 0.6) is 0 Å². The number of ether oxygens (including phenoxy) is 1. The van der Waals surface area contributed by atoms with E-state index in [-0.39, 0.29) is 6.10 Å². The van der Waals surface area contributed by atoms with Crippen LogP contribution in [0.2, 0.25) is 0 Å². The fraction of sp³-hybridized carbons (Fsp3) is 1.00. The van der Waals surface area contributed by atoms with E-state index in [9.17, 15) is 5.11 Å². The Hall–Kier alpha value is -0.0800. The molecule has 0 aromatic heterocycles. The summed E-state index contributed by atoms with van der Waals surface area (Å²) in [5.41, 5.74) is 0. The van der Waals surface area contributed by atoms with Crippen molar-refractivity contribution in [3.05, 3.63) is 0 Å². The largest absolute Gasteiger partial charge is 0.393 e. The van der Waals surface area contributed by atoms with Crippen LogP contribution >= 0.6 is 0 Å². The summed E-state index contributed by atoms with van der Waals surface area (Å²) in [6.07, 6.45) is 3.99. The normalized spacial score (nSPS) is 16.0. The van der Waals surface area contributed by atoms with Crippen molar-refractivity contribution >= 4 is 0 Å². The van der Waals surface area contributed by atoms with Crippen LogP contribution in [0.4, 0.5) is 0 Å². The Labute approximate surface area is 75.9 Å². The van der Waals surface area contributed by atoms with Crippen molar-refractivity contribution in [2.75, 3.05) is 6.61 Å². The SMILES string of the molecule is CCC(O)CCCOC(C)CC. The Balaban J connectivity index is 3.10. The lowest BCUT2D eigenvalue weighted by Gasteiger charge is -2.11. The minimum atomic E-state index is -0.134. The molecule has 0 aromatic rings. The van der Waals surface area contributed by atoms with Crippen molar-refractivity contribution in [2.45, 2.75) is 58.7 Å². The molecule has 2 atom stereocenters. The van der Waals surface area contributed by atoms with Crippen LogP contribution in [0.15, 0.2) is 0 Å². The van der Waals surface area contributed by atoms with Gasteiger partial charge in [-0.2, -0.15) is 0 Å². The van der Waals surface area contributed by atoms with Crippen molar-refractivity contribution in [1.29, 1.82) is 0 Å². The fourth-order valence-corrected chi connectivity index (χ4v) is 0.925.